The van der Waals surface area contributed by atoms with Crippen molar-refractivity contribution >= 4 is 62.4 Å². The number of anilines is 2. The number of hydrazine groups is 1. The zero-order chi connectivity index (χ0) is 21.0. The predicted molar refractivity (Wildman–Crippen MR) is 109 cm³/mol. The summed E-state index contributed by atoms with van der Waals surface area (Å²) in [5.41, 5.74) is 4.39. The first-order valence-corrected chi connectivity index (χ1v) is 9.27. The van der Waals surface area contributed by atoms with Crippen LogP contribution in [0.15, 0.2) is 42.5 Å². The van der Waals surface area contributed by atoms with Crippen LogP contribution in [0.25, 0.3) is 10.1 Å². The summed E-state index contributed by atoms with van der Waals surface area (Å²) in [6, 6.07) is 10.1. The van der Waals surface area contributed by atoms with Gasteiger partial charge in [0.25, 0.3) is 5.91 Å². The van der Waals surface area contributed by atoms with Gasteiger partial charge in [0.1, 0.15) is 10.7 Å². The topological polar surface area (TPSA) is 109 Å². The highest BCUT2D eigenvalue weighted by atomic mass is 35.5. The maximum atomic E-state index is 14.0. The number of amides is 4. The van der Waals surface area contributed by atoms with E-state index in [-0.39, 0.29) is 16.3 Å². The zero-order valence-corrected chi connectivity index (χ0v) is 16.4. The van der Waals surface area contributed by atoms with E-state index in [0.717, 1.165) is 23.3 Å². The van der Waals surface area contributed by atoms with E-state index >= 15 is 0 Å². The molecular formula is C18H14ClFN4O4S. The van der Waals surface area contributed by atoms with Crippen LogP contribution < -0.4 is 21.5 Å². The number of methoxy groups -OCH3 is 1. The standard InChI is InChI=1S/C18H14ClFN4O4S/c1-28-18(27)22-12-7-6-9(8-11(12)20)21-17(26)24-23-16(25)15-14(19)10-4-2-3-5-13(10)29-15/h2-8H,1H3,(H,22,27)(H,23,25)(H2,21,24,26). The molecule has 11 heteroatoms. The molecule has 1 heterocycles. The number of rotatable bonds is 3. The van der Waals surface area contributed by atoms with E-state index in [4.69, 9.17) is 11.6 Å². The molecule has 3 aromatic rings. The van der Waals surface area contributed by atoms with Crippen molar-refractivity contribution in [3.63, 3.8) is 0 Å². The first kappa shape index (κ1) is 20.4. The van der Waals surface area contributed by atoms with Crippen LogP contribution in [-0.4, -0.2) is 25.1 Å². The Morgan fingerprint density at radius 3 is 2.52 bits per heavy atom. The van der Waals surface area contributed by atoms with Gasteiger partial charge in [-0.3, -0.25) is 15.5 Å². The third-order valence-corrected chi connectivity index (χ3v) is 5.35. The number of urea groups is 1. The number of carbonyl (C=O) groups is 3. The van der Waals surface area contributed by atoms with Gasteiger partial charge in [-0.15, -0.1) is 11.3 Å². The molecule has 3 rings (SSSR count). The lowest BCUT2D eigenvalue weighted by Gasteiger charge is -2.10. The van der Waals surface area contributed by atoms with E-state index < -0.39 is 23.8 Å². The molecule has 0 bridgehead atoms. The van der Waals surface area contributed by atoms with Gasteiger partial charge in [-0.05, 0) is 24.3 Å². The molecule has 0 aliphatic rings. The van der Waals surface area contributed by atoms with E-state index in [9.17, 15) is 18.8 Å². The Hall–Kier alpha value is -3.37. The average Bonchev–Trinajstić information content (AvgIpc) is 3.05. The third-order valence-electron chi connectivity index (χ3n) is 3.68. The van der Waals surface area contributed by atoms with E-state index in [2.05, 4.69) is 26.2 Å². The molecular weight excluding hydrogens is 423 g/mol. The summed E-state index contributed by atoms with van der Waals surface area (Å²) in [7, 11) is 1.15. The fourth-order valence-corrected chi connectivity index (χ4v) is 3.76. The highest BCUT2D eigenvalue weighted by Gasteiger charge is 2.17. The van der Waals surface area contributed by atoms with Gasteiger partial charge in [0, 0.05) is 15.8 Å². The number of thiophene rings is 1. The van der Waals surface area contributed by atoms with Gasteiger partial charge in [-0.2, -0.15) is 0 Å². The maximum absolute atomic E-state index is 14.0. The smallest absolute Gasteiger partial charge is 0.411 e. The van der Waals surface area contributed by atoms with Crippen LogP contribution >= 0.6 is 22.9 Å². The molecule has 29 heavy (non-hydrogen) atoms. The van der Waals surface area contributed by atoms with Crippen molar-refractivity contribution < 1.29 is 23.5 Å². The van der Waals surface area contributed by atoms with Crippen LogP contribution in [0.4, 0.5) is 25.4 Å². The summed E-state index contributed by atoms with van der Waals surface area (Å²) in [5, 5.41) is 5.56. The van der Waals surface area contributed by atoms with Crippen molar-refractivity contribution in [2.24, 2.45) is 0 Å². The summed E-state index contributed by atoms with van der Waals surface area (Å²) >= 11 is 7.40. The third kappa shape index (κ3) is 4.73. The fraction of sp³-hybridized carbons (Fsp3) is 0.0556. The minimum Gasteiger partial charge on any atom is -0.453 e. The Bertz CT molecular complexity index is 1100. The number of nitrogens with one attached hydrogen (secondary N) is 4. The molecule has 0 unspecified atom stereocenters. The number of carbonyl (C=O) groups excluding carboxylic acids is 3. The van der Waals surface area contributed by atoms with Crippen molar-refractivity contribution in [2.45, 2.75) is 0 Å². The Labute approximate surface area is 173 Å². The zero-order valence-electron chi connectivity index (χ0n) is 14.8. The quantitative estimate of drug-likeness (QED) is 0.458. The Kier molecular flexibility index (Phi) is 6.15. The molecule has 4 N–H and O–H groups in total. The molecule has 0 radical (unpaired) electrons. The average molecular weight is 437 g/mol. The summed E-state index contributed by atoms with van der Waals surface area (Å²) in [6.45, 7) is 0. The van der Waals surface area contributed by atoms with Gasteiger partial charge in [0.15, 0.2) is 0 Å². The van der Waals surface area contributed by atoms with E-state index in [1.807, 2.05) is 12.1 Å². The van der Waals surface area contributed by atoms with Gasteiger partial charge < -0.3 is 10.1 Å². The van der Waals surface area contributed by atoms with Crippen LogP contribution in [0.1, 0.15) is 9.67 Å². The minimum atomic E-state index is -0.829. The second-order valence-electron chi connectivity index (χ2n) is 5.59. The highest BCUT2D eigenvalue weighted by Crippen LogP contribution is 2.34. The maximum Gasteiger partial charge on any atom is 0.411 e. The molecule has 0 saturated heterocycles. The van der Waals surface area contributed by atoms with Crippen LogP contribution in [0.3, 0.4) is 0 Å². The Morgan fingerprint density at radius 2 is 1.83 bits per heavy atom. The van der Waals surface area contributed by atoms with Crippen molar-refractivity contribution in [1.29, 1.82) is 0 Å². The van der Waals surface area contributed by atoms with Crippen molar-refractivity contribution in [3.8, 4) is 0 Å². The van der Waals surface area contributed by atoms with E-state index in [0.29, 0.717) is 5.02 Å². The molecule has 8 nitrogen and oxygen atoms in total. The summed E-state index contributed by atoms with van der Waals surface area (Å²) < 4.78 is 19.2. The molecule has 0 atom stereocenters. The van der Waals surface area contributed by atoms with E-state index in [1.165, 1.54) is 23.5 Å². The van der Waals surface area contributed by atoms with Gasteiger partial charge in [-0.25, -0.2) is 19.4 Å². The number of benzene rings is 2. The number of halogens is 2. The molecule has 0 aliphatic carbocycles. The van der Waals surface area contributed by atoms with Gasteiger partial charge in [-0.1, -0.05) is 29.8 Å². The minimum absolute atomic E-state index is 0.101. The van der Waals surface area contributed by atoms with Crippen molar-refractivity contribution in [1.82, 2.24) is 10.9 Å². The molecule has 0 saturated carbocycles. The molecule has 0 aliphatic heterocycles. The van der Waals surface area contributed by atoms with Gasteiger partial charge >= 0.3 is 12.1 Å². The first-order chi connectivity index (χ1) is 13.9. The first-order valence-electron chi connectivity index (χ1n) is 8.08. The van der Waals surface area contributed by atoms with Crippen LogP contribution in [0.2, 0.25) is 5.02 Å². The fourth-order valence-electron chi connectivity index (χ4n) is 2.35. The molecule has 2 aromatic carbocycles. The van der Waals surface area contributed by atoms with Crippen molar-refractivity contribution in [2.75, 3.05) is 17.7 Å². The monoisotopic (exact) mass is 436 g/mol. The van der Waals surface area contributed by atoms with Crippen LogP contribution in [0, 0.1) is 5.82 Å². The summed E-state index contributed by atoms with van der Waals surface area (Å²) in [6.07, 6.45) is -0.829. The van der Waals surface area contributed by atoms with Crippen molar-refractivity contribution in [3.05, 3.63) is 58.2 Å². The molecule has 0 spiro atoms. The normalized spacial score (nSPS) is 10.3. The second kappa shape index (κ2) is 8.76. The lowest BCUT2D eigenvalue weighted by Crippen LogP contribution is -2.43. The SMILES string of the molecule is COC(=O)Nc1ccc(NC(=O)NNC(=O)c2sc3ccccc3c2Cl)cc1F. The summed E-state index contributed by atoms with van der Waals surface area (Å²) in [5.74, 6) is -1.37. The molecule has 150 valence electrons. The molecule has 0 fully saturated rings. The Morgan fingerprint density at radius 1 is 1.07 bits per heavy atom. The van der Waals surface area contributed by atoms with Gasteiger partial charge in [0.05, 0.1) is 17.8 Å². The van der Waals surface area contributed by atoms with Gasteiger partial charge in [0.2, 0.25) is 0 Å². The van der Waals surface area contributed by atoms with E-state index in [1.54, 1.807) is 12.1 Å². The lowest BCUT2D eigenvalue weighted by molar-refractivity contribution is 0.0942. The second-order valence-corrected chi connectivity index (χ2v) is 7.02. The largest absolute Gasteiger partial charge is 0.453 e. The number of fused-ring (bicyclic) bond motifs is 1. The number of ether oxygens (including phenoxy) is 1. The number of hydrogen-bond acceptors (Lipinski definition) is 5. The predicted octanol–water partition coefficient (Wildman–Crippen LogP) is 4.34. The Balaban J connectivity index is 1.59. The molecule has 4 amide bonds. The van der Waals surface area contributed by atoms with Crippen LogP contribution in [0.5, 0.6) is 0 Å². The number of hydrogen-bond donors (Lipinski definition) is 4. The molecule has 1 aromatic heterocycles. The lowest BCUT2D eigenvalue weighted by atomic mass is 10.2. The summed E-state index contributed by atoms with van der Waals surface area (Å²) in [4.78, 5) is 35.6. The van der Waals surface area contributed by atoms with Crippen LogP contribution in [-0.2, 0) is 4.74 Å². The highest BCUT2D eigenvalue weighted by molar-refractivity contribution is 7.21.